The number of allylic oxidation sites excluding steroid dienone is 2. The molecule has 0 N–H and O–H groups in total. The molecule has 0 radical (unpaired) electrons. The summed E-state index contributed by atoms with van der Waals surface area (Å²) in [5.41, 5.74) is 7.46. The Hall–Kier alpha value is -4.30. The highest BCUT2D eigenvalue weighted by molar-refractivity contribution is 6.02. The average molecular weight is 502 g/mol. The number of halogens is 1. The van der Waals surface area contributed by atoms with Crippen molar-refractivity contribution in [2.24, 2.45) is 11.8 Å². The quantitative estimate of drug-likeness (QED) is 0.298. The average Bonchev–Trinajstić information content (AvgIpc) is 3.37. The highest BCUT2D eigenvalue weighted by Gasteiger charge is 2.50. The summed E-state index contributed by atoms with van der Waals surface area (Å²) in [4.78, 5) is 12.9. The predicted octanol–water partition coefficient (Wildman–Crippen LogP) is 7.16. The SMILES string of the molecule is C[C@H]1C(=O)C(C#N)=CC2(C)c3c(c(-c4ccc(CF)cc4)nn3-c3ccc(-c4ccccc4)cc3)CC[C@H]12. The van der Waals surface area contributed by atoms with Crippen LogP contribution in [-0.2, 0) is 23.3 Å². The molecule has 5 heteroatoms. The fourth-order valence-electron chi connectivity index (χ4n) is 6.44. The number of hydrogen-bond acceptors (Lipinski definition) is 3. The molecule has 0 saturated heterocycles. The van der Waals surface area contributed by atoms with Crippen molar-refractivity contribution in [1.82, 2.24) is 9.78 Å². The van der Waals surface area contributed by atoms with Gasteiger partial charge in [-0.25, -0.2) is 9.07 Å². The number of aromatic nitrogens is 2. The first-order valence-electron chi connectivity index (χ1n) is 13.0. The summed E-state index contributed by atoms with van der Waals surface area (Å²) in [5, 5.41) is 14.9. The number of fused-ring (bicyclic) bond motifs is 3. The number of hydrogen-bond donors (Lipinski definition) is 0. The van der Waals surface area contributed by atoms with Gasteiger partial charge in [0.1, 0.15) is 12.7 Å². The van der Waals surface area contributed by atoms with Gasteiger partial charge in [-0.15, -0.1) is 0 Å². The molecule has 2 aliphatic carbocycles. The molecule has 1 aromatic heterocycles. The van der Waals surface area contributed by atoms with E-state index in [0.29, 0.717) is 5.56 Å². The van der Waals surface area contributed by atoms with E-state index in [-0.39, 0.29) is 23.2 Å². The number of benzene rings is 3. The Balaban J connectivity index is 1.56. The Kier molecular flexibility index (Phi) is 5.84. The lowest BCUT2D eigenvalue weighted by molar-refractivity contribution is -0.121. The van der Waals surface area contributed by atoms with Crippen molar-refractivity contribution in [2.45, 2.75) is 38.8 Å². The van der Waals surface area contributed by atoms with Crippen LogP contribution in [0.15, 0.2) is 90.5 Å². The largest absolute Gasteiger partial charge is 0.293 e. The summed E-state index contributed by atoms with van der Waals surface area (Å²) < 4.78 is 15.2. The molecule has 4 aromatic rings. The molecule has 0 fully saturated rings. The van der Waals surface area contributed by atoms with Gasteiger partial charge in [0.25, 0.3) is 0 Å². The normalized spacial score (nSPS) is 22.3. The molecule has 3 aromatic carbocycles. The van der Waals surface area contributed by atoms with Crippen molar-refractivity contribution in [3.63, 3.8) is 0 Å². The summed E-state index contributed by atoms with van der Waals surface area (Å²) >= 11 is 0. The van der Waals surface area contributed by atoms with Crippen LogP contribution in [0.1, 0.15) is 37.1 Å². The van der Waals surface area contributed by atoms with Crippen LogP contribution < -0.4 is 0 Å². The van der Waals surface area contributed by atoms with E-state index in [1.807, 2.05) is 48.0 Å². The van der Waals surface area contributed by atoms with E-state index in [1.54, 1.807) is 12.1 Å². The first-order chi connectivity index (χ1) is 18.4. The summed E-state index contributed by atoms with van der Waals surface area (Å²) in [5.74, 6) is -0.247. The molecular weight excluding hydrogens is 473 g/mol. The molecule has 0 spiro atoms. The van der Waals surface area contributed by atoms with Crippen LogP contribution in [-0.4, -0.2) is 15.6 Å². The smallest absolute Gasteiger partial charge is 0.176 e. The van der Waals surface area contributed by atoms with E-state index in [0.717, 1.165) is 52.2 Å². The standard InChI is InChI=1S/C33H28FN3O/c1-21-29-17-16-28-30(25-10-8-22(19-34)9-11-25)36-37(32(28)33(29,2)18-26(20-35)31(21)38)27-14-12-24(13-15-27)23-6-4-3-5-7-23/h3-15,18,21,29H,16-17,19H2,1-2H3/t21-,29-,33?/m1/s1. The zero-order valence-electron chi connectivity index (χ0n) is 21.5. The molecule has 188 valence electrons. The Bertz CT molecular complexity index is 1590. The van der Waals surface area contributed by atoms with Crippen LogP contribution in [0, 0.1) is 23.2 Å². The van der Waals surface area contributed by atoms with Crippen molar-refractivity contribution in [3.05, 3.63) is 107 Å². The zero-order chi connectivity index (χ0) is 26.4. The summed E-state index contributed by atoms with van der Waals surface area (Å²) in [6.07, 6.45) is 3.50. The van der Waals surface area contributed by atoms with E-state index in [2.05, 4.69) is 49.4 Å². The predicted molar refractivity (Wildman–Crippen MR) is 146 cm³/mol. The molecule has 38 heavy (non-hydrogen) atoms. The highest BCUT2D eigenvalue weighted by Crippen LogP contribution is 2.52. The van der Waals surface area contributed by atoms with Gasteiger partial charge in [0, 0.05) is 22.5 Å². The molecule has 0 saturated carbocycles. The maximum absolute atomic E-state index is 13.2. The van der Waals surface area contributed by atoms with Crippen LogP contribution in [0.3, 0.4) is 0 Å². The molecule has 0 amide bonds. The first kappa shape index (κ1) is 24.1. The molecule has 0 bridgehead atoms. The number of Topliss-reactive ketones (excluding diaryl/α,β-unsaturated/α-hetero) is 1. The van der Waals surface area contributed by atoms with Crippen LogP contribution in [0.2, 0.25) is 0 Å². The van der Waals surface area contributed by atoms with Crippen LogP contribution in [0.5, 0.6) is 0 Å². The number of nitriles is 1. The molecule has 3 atom stereocenters. The van der Waals surface area contributed by atoms with Crippen LogP contribution in [0.4, 0.5) is 4.39 Å². The van der Waals surface area contributed by atoms with E-state index in [1.165, 1.54) is 0 Å². The zero-order valence-corrected chi connectivity index (χ0v) is 21.5. The molecule has 6 rings (SSSR count). The Morgan fingerprint density at radius 1 is 1.00 bits per heavy atom. The number of carbonyl (C=O) groups is 1. The van der Waals surface area contributed by atoms with E-state index < -0.39 is 12.1 Å². The molecule has 1 unspecified atom stereocenters. The van der Waals surface area contributed by atoms with Gasteiger partial charge in [-0.2, -0.15) is 10.4 Å². The molecule has 4 nitrogen and oxygen atoms in total. The Morgan fingerprint density at radius 2 is 1.66 bits per heavy atom. The minimum Gasteiger partial charge on any atom is -0.293 e. The van der Waals surface area contributed by atoms with Gasteiger partial charge in [0.2, 0.25) is 0 Å². The van der Waals surface area contributed by atoms with E-state index in [4.69, 9.17) is 5.10 Å². The summed E-state index contributed by atoms with van der Waals surface area (Å²) in [7, 11) is 0. The minimum atomic E-state index is -0.534. The van der Waals surface area contributed by atoms with Crippen molar-refractivity contribution < 1.29 is 9.18 Å². The highest BCUT2D eigenvalue weighted by atomic mass is 19.1. The van der Waals surface area contributed by atoms with Gasteiger partial charge < -0.3 is 0 Å². The lowest BCUT2D eigenvalue weighted by Gasteiger charge is -2.45. The number of carbonyl (C=O) groups excluding carboxylic acids is 1. The van der Waals surface area contributed by atoms with Gasteiger partial charge in [-0.05, 0) is 47.6 Å². The molecule has 0 aliphatic heterocycles. The maximum Gasteiger partial charge on any atom is 0.176 e. The van der Waals surface area contributed by atoms with Gasteiger partial charge in [0.15, 0.2) is 5.78 Å². The van der Waals surface area contributed by atoms with Crippen molar-refractivity contribution in [1.29, 1.82) is 5.26 Å². The monoisotopic (exact) mass is 501 g/mol. The van der Waals surface area contributed by atoms with Crippen molar-refractivity contribution in [2.75, 3.05) is 0 Å². The topological polar surface area (TPSA) is 58.7 Å². The number of nitrogens with zero attached hydrogens (tertiary/aromatic N) is 3. The second kappa shape index (κ2) is 9.22. The first-order valence-corrected chi connectivity index (χ1v) is 13.0. The van der Waals surface area contributed by atoms with Crippen LogP contribution >= 0.6 is 0 Å². The fourth-order valence-corrected chi connectivity index (χ4v) is 6.44. The third kappa shape index (κ3) is 3.71. The summed E-state index contributed by atoms with van der Waals surface area (Å²) in [6, 6.07) is 28.2. The van der Waals surface area contributed by atoms with E-state index in [9.17, 15) is 14.4 Å². The lowest BCUT2D eigenvalue weighted by atomic mass is 9.57. The molecular formula is C33H28FN3O. The maximum atomic E-state index is 13.2. The van der Waals surface area contributed by atoms with Gasteiger partial charge in [-0.1, -0.05) is 86.7 Å². The Morgan fingerprint density at radius 3 is 2.32 bits per heavy atom. The van der Waals surface area contributed by atoms with Gasteiger partial charge in [0.05, 0.1) is 22.6 Å². The second-order valence-corrected chi connectivity index (χ2v) is 10.6. The third-order valence-electron chi connectivity index (χ3n) is 8.42. The number of ketones is 1. The van der Waals surface area contributed by atoms with E-state index >= 15 is 0 Å². The second-order valence-electron chi connectivity index (χ2n) is 10.6. The van der Waals surface area contributed by atoms with Gasteiger partial charge >= 0.3 is 0 Å². The molecule has 2 aliphatic rings. The van der Waals surface area contributed by atoms with Crippen molar-refractivity contribution >= 4 is 5.78 Å². The summed E-state index contributed by atoms with van der Waals surface area (Å²) in [6.45, 7) is 3.59. The minimum absolute atomic E-state index is 0.0698. The molecule has 1 heterocycles. The number of alkyl halides is 1. The van der Waals surface area contributed by atoms with Crippen LogP contribution in [0.25, 0.3) is 28.1 Å². The fraction of sp³-hybridized carbons (Fsp3) is 0.242. The lowest BCUT2D eigenvalue weighted by Crippen LogP contribution is -2.46. The third-order valence-corrected chi connectivity index (χ3v) is 8.42. The van der Waals surface area contributed by atoms with Gasteiger partial charge in [-0.3, -0.25) is 4.79 Å². The Labute approximate surface area is 222 Å². The number of rotatable bonds is 4. The van der Waals surface area contributed by atoms with Crippen molar-refractivity contribution in [3.8, 4) is 34.1 Å².